The zero-order valence-electron chi connectivity index (χ0n) is 21.4. The van der Waals surface area contributed by atoms with Crippen molar-refractivity contribution in [3.8, 4) is 11.3 Å². The molecule has 1 aliphatic heterocycles. The Bertz CT molecular complexity index is 1340. The van der Waals surface area contributed by atoms with E-state index in [-0.39, 0.29) is 11.9 Å². The topological polar surface area (TPSA) is 84.7 Å². The first-order valence-electron chi connectivity index (χ1n) is 12.7. The Morgan fingerprint density at radius 3 is 2.50 bits per heavy atom. The molecule has 0 atom stereocenters. The molecule has 36 heavy (non-hydrogen) atoms. The second kappa shape index (κ2) is 10.3. The van der Waals surface area contributed by atoms with Gasteiger partial charge in [-0.1, -0.05) is 13.3 Å². The number of hydrogen-bond donors (Lipinski definition) is 1. The number of imidazole rings is 1. The maximum Gasteiger partial charge on any atom is 0.151 e. The highest BCUT2D eigenvalue weighted by Gasteiger charge is 2.19. The lowest BCUT2D eigenvalue weighted by molar-refractivity contribution is 0.171. The van der Waals surface area contributed by atoms with Crippen LogP contribution in [0.1, 0.15) is 57.7 Å². The van der Waals surface area contributed by atoms with Crippen molar-refractivity contribution in [1.82, 2.24) is 34.4 Å². The van der Waals surface area contributed by atoms with Crippen LogP contribution in [0.5, 0.6) is 0 Å². The highest BCUT2D eigenvalue weighted by Crippen LogP contribution is 2.29. The third-order valence-corrected chi connectivity index (χ3v) is 7.03. The minimum Gasteiger partial charge on any atom is -0.338 e. The first kappa shape index (κ1) is 24.2. The monoisotopic (exact) mass is 488 g/mol. The lowest BCUT2D eigenvalue weighted by atomic mass is 9.94. The van der Waals surface area contributed by atoms with Gasteiger partial charge in [0, 0.05) is 17.7 Å². The zero-order valence-corrected chi connectivity index (χ0v) is 21.4. The smallest absolute Gasteiger partial charge is 0.151 e. The van der Waals surface area contributed by atoms with Crippen LogP contribution in [0.3, 0.4) is 0 Å². The van der Waals surface area contributed by atoms with Crippen LogP contribution in [-0.2, 0) is 6.54 Å². The Morgan fingerprint density at radius 1 is 1.06 bits per heavy atom. The standard InChI is InChI=1S/C27H33FN8/c1-5-19-6-8-35(9-7-19)15-26-29-13-21(14-30-26)34-25-12-23(31-16-32-25)20-10-22(28)27-24(11-20)36(17(2)3)18(4)33-27/h10-14,16-17,19H,5-9,15H2,1-4H3,(H,31,32,34). The fourth-order valence-corrected chi connectivity index (χ4v) is 5.05. The number of fused-ring (bicyclic) bond motifs is 1. The van der Waals surface area contributed by atoms with Crippen LogP contribution < -0.4 is 5.32 Å². The van der Waals surface area contributed by atoms with Crippen molar-refractivity contribution >= 4 is 22.5 Å². The van der Waals surface area contributed by atoms with Gasteiger partial charge in [-0.05, 0) is 64.8 Å². The molecule has 1 N–H and O–H groups in total. The predicted octanol–water partition coefficient (Wildman–Crippen LogP) is 5.68. The molecule has 1 aliphatic rings. The van der Waals surface area contributed by atoms with Crippen molar-refractivity contribution in [3.63, 3.8) is 0 Å². The predicted molar refractivity (Wildman–Crippen MR) is 139 cm³/mol. The van der Waals surface area contributed by atoms with Gasteiger partial charge in [0.15, 0.2) is 5.82 Å². The van der Waals surface area contributed by atoms with Crippen LogP contribution in [0.15, 0.2) is 36.9 Å². The number of rotatable bonds is 7. The van der Waals surface area contributed by atoms with E-state index in [2.05, 4.69) is 55.9 Å². The summed E-state index contributed by atoms with van der Waals surface area (Å²) < 4.78 is 17.0. The van der Waals surface area contributed by atoms with Crippen molar-refractivity contribution in [2.75, 3.05) is 18.4 Å². The van der Waals surface area contributed by atoms with Crippen molar-refractivity contribution < 1.29 is 4.39 Å². The molecule has 0 unspecified atom stereocenters. The zero-order chi connectivity index (χ0) is 25.2. The SMILES string of the molecule is CCC1CCN(Cc2ncc(Nc3cc(-c4cc(F)c5nc(C)n(C(C)C)c5c4)ncn3)cn2)CC1. The summed E-state index contributed by atoms with van der Waals surface area (Å²) in [4.78, 5) is 24.6. The highest BCUT2D eigenvalue weighted by molar-refractivity contribution is 5.83. The van der Waals surface area contributed by atoms with E-state index in [1.807, 2.05) is 17.6 Å². The van der Waals surface area contributed by atoms with Gasteiger partial charge >= 0.3 is 0 Å². The summed E-state index contributed by atoms with van der Waals surface area (Å²) in [6.07, 6.45) is 8.79. The summed E-state index contributed by atoms with van der Waals surface area (Å²) in [6.45, 7) is 11.3. The van der Waals surface area contributed by atoms with E-state index >= 15 is 0 Å². The van der Waals surface area contributed by atoms with Crippen LogP contribution in [-0.4, -0.2) is 47.5 Å². The van der Waals surface area contributed by atoms with Crippen LogP contribution in [0.4, 0.5) is 15.9 Å². The van der Waals surface area contributed by atoms with Crippen molar-refractivity contribution in [2.45, 2.75) is 59.5 Å². The molecule has 4 aromatic rings. The quantitative estimate of drug-likeness (QED) is 0.358. The maximum absolute atomic E-state index is 14.9. The summed E-state index contributed by atoms with van der Waals surface area (Å²) >= 11 is 0. The van der Waals surface area contributed by atoms with Crippen LogP contribution in [0, 0.1) is 18.7 Å². The summed E-state index contributed by atoms with van der Waals surface area (Å²) in [5.41, 5.74) is 3.17. The van der Waals surface area contributed by atoms with Gasteiger partial charge in [-0.2, -0.15) is 0 Å². The van der Waals surface area contributed by atoms with E-state index in [0.29, 0.717) is 22.6 Å². The molecule has 0 spiro atoms. The van der Waals surface area contributed by atoms with Crippen molar-refractivity contribution in [3.05, 3.63) is 54.4 Å². The summed E-state index contributed by atoms with van der Waals surface area (Å²) in [5.74, 6) is 2.69. The summed E-state index contributed by atoms with van der Waals surface area (Å²) in [5, 5.41) is 3.24. The van der Waals surface area contributed by atoms with Crippen LogP contribution in [0.2, 0.25) is 0 Å². The first-order valence-corrected chi connectivity index (χ1v) is 12.7. The largest absolute Gasteiger partial charge is 0.338 e. The molecular weight excluding hydrogens is 455 g/mol. The van der Waals surface area contributed by atoms with Gasteiger partial charge < -0.3 is 9.88 Å². The third-order valence-electron chi connectivity index (χ3n) is 7.03. The number of benzene rings is 1. The van der Waals surface area contributed by atoms with Gasteiger partial charge in [0.05, 0.1) is 35.8 Å². The lowest BCUT2D eigenvalue weighted by Gasteiger charge is -2.30. The number of nitrogens with zero attached hydrogens (tertiary/aromatic N) is 7. The summed E-state index contributed by atoms with van der Waals surface area (Å²) in [6, 6.07) is 5.38. The number of aromatic nitrogens is 6. The molecule has 1 aromatic carbocycles. The Labute approximate surface area is 211 Å². The van der Waals surface area contributed by atoms with E-state index in [0.717, 1.165) is 48.4 Å². The lowest BCUT2D eigenvalue weighted by Crippen LogP contribution is -2.33. The molecule has 0 bridgehead atoms. The molecule has 9 heteroatoms. The molecule has 188 valence electrons. The highest BCUT2D eigenvalue weighted by atomic mass is 19.1. The number of anilines is 2. The van der Waals surface area contributed by atoms with E-state index in [9.17, 15) is 4.39 Å². The molecule has 0 amide bonds. The number of aryl methyl sites for hydroxylation is 1. The maximum atomic E-state index is 14.9. The normalized spacial score (nSPS) is 15.2. The number of nitrogens with one attached hydrogen (secondary N) is 1. The Balaban J connectivity index is 1.31. The summed E-state index contributed by atoms with van der Waals surface area (Å²) in [7, 11) is 0. The van der Waals surface area contributed by atoms with Gasteiger partial charge in [0.25, 0.3) is 0 Å². The molecule has 0 radical (unpaired) electrons. The second-order valence-corrected chi connectivity index (χ2v) is 9.88. The third kappa shape index (κ3) is 5.06. The fourth-order valence-electron chi connectivity index (χ4n) is 5.05. The Morgan fingerprint density at radius 2 is 1.81 bits per heavy atom. The minimum absolute atomic E-state index is 0.165. The number of halogens is 1. The average molecular weight is 489 g/mol. The molecule has 4 heterocycles. The molecule has 1 fully saturated rings. The average Bonchev–Trinajstić information content (AvgIpc) is 3.22. The molecular formula is C27H33FN8. The van der Waals surface area contributed by atoms with Gasteiger partial charge in [-0.15, -0.1) is 0 Å². The van der Waals surface area contributed by atoms with Gasteiger partial charge in [0.1, 0.15) is 29.3 Å². The molecule has 0 saturated carbocycles. The van der Waals surface area contributed by atoms with Gasteiger partial charge in [-0.3, -0.25) is 4.90 Å². The van der Waals surface area contributed by atoms with Crippen LogP contribution in [0.25, 0.3) is 22.3 Å². The van der Waals surface area contributed by atoms with Gasteiger partial charge in [0.2, 0.25) is 0 Å². The molecule has 3 aromatic heterocycles. The molecule has 0 aliphatic carbocycles. The number of likely N-dealkylation sites (tertiary alicyclic amines) is 1. The van der Waals surface area contributed by atoms with Crippen molar-refractivity contribution in [2.24, 2.45) is 5.92 Å². The van der Waals surface area contributed by atoms with E-state index in [1.54, 1.807) is 18.5 Å². The first-order chi connectivity index (χ1) is 17.4. The Hall–Kier alpha value is -3.46. The number of hydrogen-bond acceptors (Lipinski definition) is 7. The van der Waals surface area contributed by atoms with Crippen LogP contribution >= 0.6 is 0 Å². The fraction of sp³-hybridized carbons (Fsp3) is 0.444. The second-order valence-electron chi connectivity index (χ2n) is 9.88. The Kier molecular flexibility index (Phi) is 6.91. The molecule has 1 saturated heterocycles. The molecule has 5 rings (SSSR count). The van der Waals surface area contributed by atoms with E-state index in [4.69, 9.17) is 0 Å². The van der Waals surface area contributed by atoms with Gasteiger partial charge in [-0.25, -0.2) is 29.3 Å². The number of piperidine rings is 1. The van der Waals surface area contributed by atoms with Crippen molar-refractivity contribution in [1.29, 1.82) is 0 Å². The minimum atomic E-state index is -0.360. The van der Waals surface area contributed by atoms with E-state index < -0.39 is 0 Å². The molecule has 8 nitrogen and oxygen atoms in total. The van der Waals surface area contributed by atoms with E-state index in [1.165, 1.54) is 31.7 Å².